The van der Waals surface area contributed by atoms with Crippen LogP contribution in [0.2, 0.25) is 0 Å². The summed E-state index contributed by atoms with van der Waals surface area (Å²) >= 11 is 3.59. The molecule has 134 valence electrons. The number of ether oxygens (including phenoxy) is 1. The van der Waals surface area contributed by atoms with Crippen LogP contribution < -0.4 is 5.32 Å². The van der Waals surface area contributed by atoms with Gasteiger partial charge in [-0.3, -0.25) is 9.69 Å². The minimum absolute atomic E-state index is 0.0150. The standard InChI is InChI=1S/C18H23N3O2S2/c22-17(14-1-2-15-16(11-14)25-13-20-15)19-12-18(3-9-24-10-4-18)21-5-7-23-8-6-21/h1-2,11,13H,3-10,12H2,(H,19,22). The zero-order valence-electron chi connectivity index (χ0n) is 14.2. The SMILES string of the molecule is O=C(NCC1(N2CCOCC2)CCSCC1)c1ccc2ncsc2c1. The second-order valence-electron chi connectivity index (χ2n) is 6.65. The van der Waals surface area contributed by atoms with Crippen LogP contribution in [0.25, 0.3) is 10.2 Å². The van der Waals surface area contributed by atoms with E-state index in [4.69, 9.17) is 4.74 Å². The van der Waals surface area contributed by atoms with Crippen molar-refractivity contribution in [3.63, 3.8) is 0 Å². The lowest BCUT2D eigenvalue weighted by Crippen LogP contribution is -2.60. The van der Waals surface area contributed by atoms with E-state index < -0.39 is 0 Å². The fraction of sp³-hybridized carbons (Fsp3) is 0.556. The molecule has 0 unspecified atom stereocenters. The van der Waals surface area contributed by atoms with Crippen LogP contribution in [-0.4, -0.2) is 65.7 Å². The van der Waals surface area contributed by atoms with Crippen molar-refractivity contribution < 1.29 is 9.53 Å². The molecule has 0 aliphatic carbocycles. The first kappa shape index (κ1) is 17.3. The van der Waals surface area contributed by atoms with Crippen molar-refractivity contribution in [2.75, 3.05) is 44.4 Å². The highest BCUT2D eigenvalue weighted by Gasteiger charge is 2.39. The third-order valence-corrected chi connectivity index (χ3v) is 7.05. The first-order chi connectivity index (χ1) is 12.3. The van der Waals surface area contributed by atoms with E-state index in [9.17, 15) is 4.79 Å². The van der Waals surface area contributed by atoms with Gasteiger partial charge < -0.3 is 10.1 Å². The van der Waals surface area contributed by atoms with Crippen LogP contribution >= 0.6 is 23.1 Å². The molecule has 25 heavy (non-hydrogen) atoms. The third-order valence-electron chi connectivity index (χ3n) is 5.28. The van der Waals surface area contributed by atoms with Crippen LogP contribution in [0.15, 0.2) is 23.7 Å². The van der Waals surface area contributed by atoms with Crippen LogP contribution in [0.5, 0.6) is 0 Å². The van der Waals surface area contributed by atoms with E-state index in [0.29, 0.717) is 6.54 Å². The number of hydrogen-bond donors (Lipinski definition) is 1. The molecule has 0 bridgehead atoms. The molecule has 3 heterocycles. The Bertz CT molecular complexity index is 737. The Morgan fingerprint density at radius 1 is 1.28 bits per heavy atom. The number of nitrogens with zero attached hydrogens (tertiary/aromatic N) is 2. The average molecular weight is 378 g/mol. The smallest absolute Gasteiger partial charge is 0.251 e. The zero-order chi connectivity index (χ0) is 17.1. The second-order valence-corrected chi connectivity index (χ2v) is 8.76. The highest BCUT2D eigenvalue weighted by molar-refractivity contribution is 7.99. The second kappa shape index (κ2) is 7.61. The van der Waals surface area contributed by atoms with E-state index in [2.05, 4.69) is 15.2 Å². The van der Waals surface area contributed by atoms with Gasteiger partial charge in [0.15, 0.2) is 0 Å². The molecule has 0 radical (unpaired) electrons. The van der Waals surface area contributed by atoms with Crippen molar-refractivity contribution >= 4 is 39.2 Å². The molecule has 1 amide bonds. The predicted octanol–water partition coefficient (Wildman–Crippen LogP) is 2.62. The Kier molecular flexibility index (Phi) is 5.26. The molecular weight excluding hydrogens is 354 g/mol. The van der Waals surface area contributed by atoms with Gasteiger partial charge in [0, 0.05) is 30.7 Å². The van der Waals surface area contributed by atoms with Crippen molar-refractivity contribution in [2.24, 2.45) is 0 Å². The topological polar surface area (TPSA) is 54.5 Å². The molecule has 0 atom stereocenters. The summed E-state index contributed by atoms with van der Waals surface area (Å²) in [6.45, 7) is 4.24. The third kappa shape index (κ3) is 3.69. The normalized spacial score (nSPS) is 21.3. The Labute approximate surface area is 156 Å². The monoisotopic (exact) mass is 377 g/mol. The number of benzene rings is 1. The Morgan fingerprint density at radius 2 is 2.08 bits per heavy atom. The van der Waals surface area contributed by atoms with E-state index in [1.165, 1.54) is 11.5 Å². The van der Waals surface area contributed by atoms with Gasteiger partial charge in [-0.05, 0) is 42.5 Å². The largest absolute Gasteiger partial charge is 0.379 e. The summed E-state index contributed by atoms with van der Waals surface area (Å²) in [4.78, 5) is 19.5. The Morgan fingerprint density at radius 3 is 2.88 bits per heavy atom. The first-order valence-electron chi connectivity index (χ1n) is 8.79. The molecule has 1 aromatic carbocycles. The Balaban J connectivity index is 1.47. The number of carbonyl (C=O) groups excluding carboxylic acids is 1. The summed E-state index contributed by atoms with van der Waals surface area (Å²) in [5.74, 6) is 2.35. The van der Waals surface area contributed by atoms with E-state index in [0.717, 1.165) is 54.9 Å². The maximum atomic E-state index is 12.7. The van der Waals surface area contributed by atoms with Gasteiger partial charge in [-0.1, -0.05) is 0 Å². The minimum Gasteiger partial charge on any atom is -0.379 e. The van der Waals surface area contributed by atoms with Gasteiger partial charge >= 0.3 is 0 Å². The maximum absolute atomic E-state index is 12.7. The number of thiazole rings is 1. The molecule has 2 aliphatic heterocycles. The molecule has 5 nitrogen and oxygen atoms in total. The number of hydrogen-bond acceptors (Lipinski definition) is 6. The molecule has 0 saturated carbocycles. The summed E-state index contributed by atoms with van der Waals surface area (Å²) in [6, 6.07) is 5.74. The summed E-state index contributed by atoms with van der Waals surface area (Å²) < 4.78 is 6.58. The first-order valence-corrected chi connectivity index (χ1v) is 10.8. The number of amides is 1. The van der Waals surface area contributed by atoms with Crippen LogP contribution in [0.1, 0.15) is 23.2 Å². The average Bonchev–Trinajstić information content (AvgIpc) is 3.15. The lowest BCUT2D eigenvalue weighted by atomic mass is 9.89. The minimum atomic E-state index is 0.0150. The summed E-state index contributed by atoms with van der Waals surface area (Å²) in [6.07, 6.45) is 2.26. The molecule has 0 spiro atoms. The van der Waals surface area contributed by atoms with Gasteiger partial charge in [-0.2, -0.15) is 11.8 Å². The quantitative estimate of drug-likeness (QED) is 0.888. The summed E-state index contributed by atoms with van der Waals surface area (Å²) in [7, 11) is 0. The van der Waals surface area contributed by atoms with E-state index in [-0.39, 0.29) is 11.4 Å². The van der Waals surface area contributed by atoms with Gasteiger partial charge in [0.25, 0.3) is 5.91 Å². The molecule has 2 fully saturated rings. The molecular formula is C18H23N3O2S2. The molecule has 7 heteroatoms. The number of fused-ring (bicyclic) bond motifs is 1. The van der Waals surface area contributed by atoms with Crippen molar-refractivity contribution in [1.29, 1.82) is 0 Å². The van der Waals surface area contributed by atoms with Crippen LogP contribution in [-0.2, 0) is 4.74 Å². The van der Waals surface area contributed by atoms with Crippen LogP contribution in [0.4, 0.5) is 0 Å². The van der Waals surface area contributed by atoms with E-state index >= 15 is 0 Å². The number of aromatic nitrogens is 1. The number of thioether (sulfide) groups is 1. The molecule has 2 aliphatic rings. The van der Waals surface area contributed by atoms with E-state index in [1.54, 1.807) is 11.3 Å². The molecule has 2 saturated heterocycles. The molecule has 2 aromatic rings. The lowest BCUT2D eigenvalue weighted by molar-refractivity contribution is -0.0255. The number of morpholine rings is 1. The summed E-state index contributed by atoms with van der Waals surface area (Å²) in [5, 5.41) is 3.22. The zero-order valence-corrected chi connectivity index (χ0v) is 15.8. The predicted molar refractivity (Wildman–Crippen MR) is 104 cm³/mol. The molecule has 1 aromatic heterocycles. The lowest BCUT2D eigenvalue weighted by Gasteiger charge is -2.48. The Hall–Kier alpha value is -1.15. The van der Waals surface area contributed by atoms with Crippen molar-refractivity contribution in [1.82, 2.24) is 15.2 Å². The van der Waals surface area contributed by atoms with Gasteiger partial charge in [0.05, 0.1) is 28.9 Å². The fourth-order valence-electron chi connectivity index (χ4n) is 3.74. The summed E-state index contributed by atoms with van der Waals surface area (Å²) in [5.41, 5.74) is 3.58. The van der Waals surface area contributed by atoms with Crippen LogP contribution in [0.3, 0.4) is 0 Å². The van der Waals surface area contributed by atoms with Crippen molar-refractivity contribution in [2.45, 2.75) is 18.4 Å². The number of nitrogens with one attached hydrogen (secondary N) is 1. The van der Waals surface area contributed by atoms with Gasteiger partial charge in [0.1, 0.15) is 0 Å². The van der Waals surface area contributed by atoms with Gasteiger partial charge in [-0.25, -0.2) is 4.98 Å². The van der Waals surface area contributed by atoms with Crippen molar-refractivity contribution in [3.8, 4) is 0 Å². The molecule has 1 N–H and O–H groups in total. The highest BCUT2D eigenvalue weighted by Crippen LogP contribution is 2.33. The highest BCUT2D eigenvalue weighted by atomic mass is 32.2. The van der Waals surface area contributed by atoms with Crippen molar-refractivity contribution in [3.05, 3.63) is 29.3 Å². The fourth-order valence-corrected chi connectivity index (χ4v) is 5.71. The molecule has 4 rings (SSSR count). The van der Waals surface area contributed by atoms with Gasteiger partial charge in [-0.15, -0.1) is 11.3 Å². The van der Waals surface area contributed by atoms with E-state index in [1.807, 2.05) is 35.5 Å². The van der Waals surface area contributed by atoms with Crippen LogP contribution in [0, 0.1) is 0 Å². The van der Waals surface area contributed by atoms with Gasteiger partial charge in [0.2, 0.25) is 0 Å². The number of carbonyl (C=O) groups is 1. The maximum Gasteiger partial charge on any atom is 0.251 e. The number of rotatable bonds is 4.